The minimum Gasteiger partial charge on any atom is -0.382 e. The molecule has 5 rings (SSSR count). The second-order valence-electron chi connectivity index (χ2n) is 6.56. The van der Waals surface area contributed by atoms with Gasteiger partial charge in [-0.15, -0.1) is 0 Å². The normalized spacial score (nSPS) is 14.6. The van der Waals surface area contributed by atoms with Gasteiger partial charge in [0.25, 0.3) is 0 Å². The average molecular weight is 405 g/mol. The van der Waals surface area contributed by atoms with E-state index in [2.05, 4.69) is 15.0 Å². The second kappa shape index (κ2) is 6.85. The number of aromatic nitrogens is 4. The molecule has 2 aromatic heterocycles. The summed E-state index contributed by atoms with van der Waals surface area (Å²) >= 11 is 1.55. The van der Waals surface area contributed by atoms with E-state index in [1.807, 2.05) is 40.1 Å². The number of nitrogens with zero attached hydrogens (tertiary/aromatic N) is 6. The molecule has 29 heavy (non-hydrogen) atoms. The SMILES string of the molecule is CC(C1=Nc2ccccc2SN1c1ccc(F)cc1)n1cnc2c(N)ncnc21. The Hall–Kier alpha value is -3.46. The molecule has 0 bridgehead atoms. The summed E-state index contributed by atoms with van der Waals surface area (Å²) < 4.78 is 17.4. The monoisotopic (exact) mass is 405 g/mol. The Morgan fingerprint density at radius 1 is 1.03 bits per heavy atom. The summed E-state index contributed by atoms with van der Waals surface area (Å²) in [5.74, 6) is 0.828. The lowest BCUT2D eigenvalue weighted by Crippen LogP contribution is -2.33. The van der Waals surface area contributed by atoms with Gasteiger partial charge in [-0.3, -0.25) is 4.31 Å². The van der Waals surface area contributed by atoms with Gasteiger partial charge in [-0.05, 0) is 55.3 Å². The maximum Gasteiger partial charge on any atom is 0.166 e. The van der Waals surface area contributed by atoms with Gasteiger partial charge in [-0.1, -0.05) is 12.1 Å². The maximum atomic E-state index is 13.5. The fourth-order valence-electron chi connectivity index (χ4n) is 3.24. The summed E-state index contributed by atoms with van der Waals surface area (Å²) in [7, 11) is 0. The number of aliphatic imine (C=N–C) groups is 1. The first-order valence-corrected chi connectivity index (χ1v) is 9.73. The first-order chi connectivity index (χ1) is 14.1. The van der Waals surface area contributed by atoms with E-state index < -0.39 is 0 Å². The van der Waals surface area contributed by atoms with E-state index in [1.54, 1.807) is 30.4 Å². The molecule has 0 amide bonds. The minimum atomic E-state index is -0.282. The zero-order valence-electron chi connectivity index (χ0n) is 15.4. The summed E-state index contributed by atoms with van der Waals surface area (Å²) in [4.78, 5) is 18.7. The number of nitrogens with two attached hydrogens (primary N) is 1. The molecule has 1 aliphatic rings. The Morgan fingerprint density at radius 2 is 1.83 bits per heavy atom. The fraction of sp³-hybridized carbons (Fsp3) is 0.100. The highest BCUT2D eigenvalue weighted by atomic mass is 32.2. The molecule has 0 fully saturated rings. The average Bonchev–Trinajstić information content (AvgIpc) is 3.18. The number of hydrogen-bond acceptors (Lipinski definition) is 7. The van der Waals surface area contributed by atoms with Crippen LogP contribution in [-0.4, -0.2) is 25.4 Å². The number of halogens is 1. The molecular formula is C20H16FN7S. The van der Waals surface area contributed by atoms with Crippen molar-refractivity contribution >= 4 is 46.1 Å². The van der Waals surface area contributed by atoms with Crippen molar-refractivity contribution in [2.24, 2.45) is 4.99 Å². The Labute approximate surface area is 170 Å². The zero-order valence-corrected chi connectivity index (χ0v) is 16.2. The van der Waals surface area contributed by atoms with Gasteiger partial charge < -0.3 is 10.3 Å². The van der Waals surface area contributed by atoms with Gasteiger partial charge >= 0.3 is 0 Å². The van der Waals surface area contributed by atoms with Gasteiger partial charge in [-0.25, -0.2) is 24.3 Å². The number of fused-ring (bicyclic) bond motifs is 2. The quantitative estimate of drug-likeness (QED) is 0.510. The van der Waals surface area contributed by atoms with Crippen molar-refractivity contribution in [2.45, 2.75) is 17.9 Å². The van der Waals surface area contributed by atoms with Crippen LogP contribution in [0.15, 0.2) is 71.1 Å². The predicted molar refractivity (Wildman–Crippen MR) is 113 cm³/mol. The molecule has 7 nitrogen and oxygen atoms in total. The third-order valence-corrected chi connectivity index (χ3v) is 5.86. The summed E-state index contributed by atoms with van der Waals surface area (Å²) in [5.41, 5.74) is 8.84. The molecule has 4 aromatic rings. The van der Waals surface area contributed by atoms with Crippen LogP contribution in [0.25, 0.3) is 11.2 Å². The van der Waals surface area contributed by atoms with E-state index in [1.165, 1.54) is 18.5 Å². The molecule has 144 valence electrons. The largest absolute Gasteiger partial charge is 0.382 e. The molecule has 0 saturated heterocycles. The van der Waals surface area contributed by atoms with Crippen molar-refractivity contribution < 1.29 is 4.39 Å². The van der Waals surface area contributed by atoms with Crippen LogP contribution in [0.2, 0.25) is 0 Å². The Morgan fingerprint density at radius 3 is 2.66 bits per heavy atom. The van der Waals surface area contributed by atoms with E-state index in [-0.39, 0.29) is 11.9 Å². The number of imidazole rings is 1. The molecule has 2 N–H and O–H groups in total. The van der Waals surface area contributed by atoms with Crippen LogP contribution < -0.4 is 10.0 Å². The van der Waals surface area contributed by atoms with E-state index in [4.69, 9.17) is 10.7 Å². The third-order valence-electron chi connectivity index (χ3n) is 4.74. The molecule has 0 saturated carbocycles. The molecule has 1 aliphatic heterocycles. The standard InChI is InChI=1S/C20H16FN7S/c1-12(27-11-25-17-18(22)23-10-24-20(17)27)19-26-15-4-2-3-5-16(15)29-28(19)14-8-6-13(21)7-9-14/h2-12H,1H3,(H2,22,23,24). The highest BCUT2D eigenvalue weighted by Gasteiger charge is 2.28. The Balaban J connectivity index is 1.65. The number of hydrogen-bond donors (Lipinski definition) is 1. The molecule has 9 heteroatoms. The predicted octanol–water partition coefficient (Wildman–Crippen LogP) is 4.37. The van der Waals surface area contributed by atoms with Crippen molar-refractivity contribution in [3.63, 3.8) is 0 Å². The lowest BCUT2D eigenvalue weighted by Gasteiger charge is -2.32. The van der Waals surface area contributed by atoms with E-state index in [0.717, 1.165) is 22.1 Å². The molecule has 1 unspecified atom stereocenters. The van der Waals surface area contributed by atoms with Crippen LogP contribution in [0.5, 0.6) is 0 Å². The Kier molecular flexibility index (Phi) is 4.17. The van der Waals surface area contributed by atoms with Crippen molar-refractivity contribution in [1.82, 2.24) is 19.5 Å². The first kappa shape index (κ1) is 17.6. The number of para-hydroxylation sites is 1. The number of amidine groups is 1. The number of anilines is 2. The summed E-state index contributed by atoms with van der Waals surface area (Å²) in [6, 6.07) is 14.1. The van der Waals surface area contributed by atoms with Gasteiger partial charge in [0.05, 0.1) is 28.6 Å². The number of benzene rings is 2. The molecule has 3 heterocycles. The summed E-state index contributed by atoms with van der Waals surface area (Å²) in [6.07, 6.45) is 3.12. The number of nitrogen functional groups attached to an aromatic ring is 1. The minimum absolute atomic E-state index is 0.208. The van der Waals surface area contributed by atoms with Gasteiger partial charge in [0.2, 0.25) is 0 Å². The van der Waals surface area contributed by atoms with Gasteiger partial charge in [0.1, 0.15) is 23.5 Å². The highest BCUT2D eigenvalue weighted by Crippen LogP contribution is 2.42. The van der Waals surface area contributed by atoms with Crippen LogP contribution >= 0.6 is 11.9 Å². The highest BCUT2D eigenvalue weighted by molar-refractivity contribution is 8.01. The molecule has 1 atom stereocenters. The molecule has 0 aliphatic carbocycles. The lowest BCUT2D eigenvalue weighted by molar-refractivity contribution is 0.628. The topological polar surface area (TPSA) is 85.2 Å². The summed E-state index contributed by atoms with van der Waals surface area (Å²) in [5, 5.41) is 0. The smallest absolute Gasteiger partial charge is 0.166 e. The van der Waals surface area contributed by atoms with Gasteiger partial charge in [0.15, 0.2) is 11.5 Å². The Bertz CT molecular complexity index is 1240. The molecule has 2 aromatic carbocycles. The van der Waals surface area contributed by atoms with Gasteiger partial charge in [-0.2, -0.15) is 0 Å². The van der Waals surface area contributed by atoms with Crippen LogP contribution in [-0.2, 0) is 0 Å². The van der Waals surface area contributed by atoms with Crippen LogP contribution in [0.4, 0.5) is 21.6 Å². The third kappa shape index (κ3) is 2.99. The van der Waals surface area contributed by atoms with Crippen LogP contribution in [0.3, 0.4) is 0 Å². The lowest BCUT2D eigenvalue weighted by atomic mass is 10.2. The number of rotatable bonds is 3. The van der Waals surface area contributed by atoms with E-state index in [9.17, 15) is 4.39 Å². The zero-order chi connectivity index (χ0) is 20.0. The van der Waals surface area contributed by atoms with Crippen LogP contribution in [0, 0.1) is 5.82 Å². The fourth-order valence-corrected chi connectivity index (χ4v) is 4.30. The van der Waals surface area contributed by atoms with E-state index >= 15 is 0 Å². The van der Waals surface area contributed by atoms with Crippen molar-refractivity contribution in [2.75, 3.05) is 10.0 Å². The van der Waals surface area contributed by atoms with Crippen molar-refractivity contribution in [3.8, 4) is 0 Å². The van der Waals surface area contributed by atoms with E-state index in [0.29, 0.717) is 17.0 Å². The first-order valence-electron chi connectivity index (χ1n) is 8.96. The molecular weight excluding hydrogens is 389 g/mol. The van der Waals surface area contributed by atoms with Crippen molar-refractivity contribution in [1.29, 1.82) is 0 Å². The second-order valence-corrected chi connectivity index (χ2v) is 7.55. The van der Waals surface area contributed by atoms with Gasteiger partial charge in [0, 0.05) is 0 Å². The maximum absolute atomic E-state index is 13.5. The molecule has 0 radical (unpaired) electrons. The van der Waals surface area contributed by atoms with Crippen LogP contribution in [0.1, 0.15) is 13.0 Å². The summed E-state index contributed by atoms with van der Waals surface area (Å²) in [6.45, 7) is 2.02. The molecule has 0 spiro atoms. The van der Waals surface area contributed by atoms with Crippen molar-refractivity contribution in [3.05, 3.63) is 67.0 Å².